The number of hydrogen-bond acceptors (Lipinski definition) is 4. The highest BCUT2D eigenvalue weighted by molar-refractivity contribution is 6.01. The molecule has 122 valence electrons. The van der Waals surface area contributed by atoms with E-state index >= 15 is 0 Å². The van der Waals surface area contributed by atoms with Gasteiger partial charge in [-0.1, -0.05) is 12.1 Å². The van der Waals surface area contributed by atoms with E-state index in [-0.39, 0.29) is 12.5 Å². The first-order valence-corrected chi connectivity index (χ1v) is 7.25. The number of primary amides is 1. The van der Waals surface area contributed by atoms with Crippen molar-refractivity contribution >= 4 is 28.4 Å². The third kappa shape index (κ3) is 3.11. The number of hydrogen-bond donors (Lipinski definition) is 3. The van der Waals surface area contributed by atoms with Crippen molar-refractivity contribution < 1.29 is 14.3 Å². The lowest BCUT2D eigenvalue weighted by molar-refractivity contribution is -0.119. The van der Waals surface area contributed by atoms with Gasteiger partial charge in [0.2, 0.25) is 11.8 Å². The molecular formula is C17H16N4O3. The number of aromatic nitrogens is 2. The van der Waals surface area contributed by atoms with Gasteiger partial charge >= 0.3 is 0 Å². The lowest BCUT2D eigenvalue weighted by Gasteiger charge is -2.06. The highest BCUT2D eigenvalue weighted by atomic mass is 16.5. The topological polar surface area (TPSA) is 110 Å². The van der Waals surface area contributed by atoms with E-state index in [0.717, 1.165) is 16.5 Å². The first-order chi connectivity index (χ1) is 11.6. The van der Waals surface area contributed by atoms with Crippen molar-refractivity contribution in [2.45, 2.75) is 0 Å². The number of nitrogens with one attached hydrogen (secondary N) is 2. The van der Waals surface area contributed by atoms with Crippen LogP contribution in [0.5, 0.6) is 0 Å². The molecule has 24 heavy (non-hydrogen) atoms. The number of H-pyrrole nitrogens is 1. The van der Waals surface area contributed by atoms with Gasteiger partial charge in [-0.2, -0.15) is 5.10 Å². The summed E-state index contributed by atoms with van der Waals surface area (Å²) >= 11 is 0. The summed E-state index contributed by atoms with van der Waals surface area (Å²) in [5.41, 5.74) is 8.66. The molecule has 1 aromatic heterocycles. The normalized spacial score (nSPS) is 10.7. The molecule has 0 unspecified atom stereocenters. The molecule has 0 aliphatic carbocycles. The van der Waals surface area contributed by atoms with Gasteiger partial charge in [-0.3, -0.25) is 14.7 Å². The Hall–Kier alpha value is -3.19. The molecule has 2 amide bonds. The van der Waals surface area contributed by atoms with E-state index in [1.54, 1.807) is 30.3 Å². The molecule has 3 rings (SSSR count). The van der Waals surface area contributed by atoms with Crippen molar-refractivity contribution in [3.63, 3.8) is 0 Å². The highest BCUT2D eigenvalue weighted by Crippen LogP contribution is 2.28. The Morgan fingerprint density at radius 2 is 2.08 bits per heavy atom. The SMILES string of the molecule is COCC(=O)Nc1cccc(-c2n[nH]c3ccc(C(N)=O)cc23)c1. The number of nitrogens with zero attached hydrogens (tertiary/aromatic N) is 1. The summed E-state index contributed by atoms with van der Waals surface area (Å²) in [5.74, 6) is -0.734. The van der Waals surface area contributed by atoms with E-state index in [1.165, 1.54) is 7.11 Å². The van der Waals surface area contributed by atoms with E-state index in [4.69, 9.17) is 10.5 Å². The van der Waals surface area contributed by atoms with Crippen molar-refractivity contribution in [2.24, 2.45) is 5.73 Å². The van der Waals surface area contributed by atoms with Crippen LogP contribution in [0.3, 0.4) is 0 Å². The predicted octanol–water partition coefficient (Wildman–Crippen LogP) is 1.91. The Bertz CT molecular complexity index is 917. The molecule has 0 aliphatic heterocycles. The largest absolute Gasteiger partial charge is 0.375 e. The monoisotopic (exact) mass is 324 g/mol. The Labute approximate surface area is 137 Å². The lowest BCUT2D eigenvalue weighted by atomic mass is 10.0. The Balaban J connectivity index is 1.99. The van der Waals surface area contributed by atoms with E-state index < -0.39 is 5.91 Å². The molecule has 0 atom stereocenters. The van der Waals surface area contributed by atoms with E-state index in [0.29, 0.717) is 16.9 Å². The van der Waals surface area contributed by atoms with Crippen LogP contribution in [0.2, 0.25) is 0 Å². The second-order valence-electron chi connectivity index (χ2n) is 5.26. The predicted molar refractivity (Wildman–Crippen MR) is 90.6 cm³/mol. The van der Waals surface area contributed by atoms with Gasteiger partial charge in [0.1, 0.15) is 6.61 Å². The number of amides is 2. The molecule has 0 aliphatic rings. The maximum atomic E-state index is 11.6. The maximum absolute atomic E-state index is 11.6. The molecule has 7 heteroatoms. The fourth-order valence-corrected chi connectivity index (χ4v) is 2.46. The number of carbonyl (C=O) groups excluding carboxylic acids is 2. The summed E-state index contributed by atoms with van der Waals surface area (Å²) in [6, 6.07) is 12.4. The van der Waals surface area contributed by atoms with Crippen LogP contribution in [0.4, 0.5) is 5.69 Å². The molecule has 1 heterocycles. The summed E-state index contributed by atoms with van der Waals surface area (Å²) in [6.07, 6.45) is 0. The molecule has 0 radical (unpaired) electrons. The number of fused-ring (bicyclic) bond motifs is 1. The summed E-state index contributed by atoms with van der Waals surface area (Å²) in [4.78, 5) is 23.0. The smallest absolute Gasteiger partial charge is 0.250 e. The second kappa shape index (κ2) is 6.51. The van der Waals surface area contributed by atoms with Gasteiger partial charge in [-0.05, 0) is 30.3 Å². The number of aromatic amines is 1. The molecule has 0 saturated heterocycles. The van der Waals surface area contributed by atoms with Gasteiger partial charge in [0.25, 0.3) is 0 Å². The van der Waals surface area contributed by atoms with Crippen LogP contribution in [-0.4, -0.2) is 35.7 Å². The Kier molecular flexibility index (Phi) is 4.26. The minimum Gasteiger partial charge on any atom is -0.375 e. The van der Waals surface area contributed by atoms with Gasteiger partial charge in [0, 0.05) is 29.3 Å². The second-order valence-corrected chi connectivity index (χ2v) is 5.26. The fraction of sp³-hybridized carbons (Fsp3) is 0.118. The first kappa shape index (κ1) is 15.7. The van der Waals surface area contributed by atoms with Crippen LogP contribution in [-0.2, 0) is 9.53 Å². The van der Waals surface area contributed by atoms with Crippen LogP contribution in [0.1, 0.15) is 10.4 Å². The number of anilines is 1. The van der Waals surface area contributed by atoms with Gasteiger partial charge in [-0.25, -0.2) is 0 Å². The number of benzene rings is 2. The van der Waals surface area contributed by atoms with E-state index in [9.17, 15) is 9.59 Å². The Morgan fingerprint density at radius 3 is 2.83 bits per heavy atom. The number of ether oxygens (including phenoxy) is 1. The average molecular weight is 324 g/mol. The minimum absolute atomic E-state index is 0.0163. The Morgan fingerprint density at radius 1 is 1.25 bits per heavy atom. The van der Waals surface area contributed by atoms with Crippen LogP contribution in [0.25, 0.3) is 22.2 Å². The quantitative estimate of drug-likeness (QED) is 0.666. The van der Waals surface area contributed by atoms with E-state index in [1.807, 2.05) is 12.1 Å². The molecule has 0 bridgehead atoms. The maximum Gasteiger partial charge on any atom is 0.250 e. The third-order valence-corrected chi connectivity index (χ3v) is 3.54. The van der Waals surface area contributed by atoms with Crippen LogP contribution in [0.15, 0.2) is 42.5 Å². The van der Waals surface area contributed by atoms with Gasteiger partial charge in [0.15, 0.2) is 0 Å². The summed E-state index contributed by atoms with van der Waals surface area (Å²) < 4.78 is 4.80. The fourth-order valence-electron chi connectivity index (χ4n) is 2.46. The zero-order valence-electron chi connectivity index (χ0n) is 13.0. The summed E-state index contributed by atoms with van der Waals surface area (Å²) in [6.45, 7) is -0.0163. The summed E-state index contributed by atoms with van der Waals surface area (Å²) in [7, 11) is 1.46. The molecule has 7 nitrogen and oxygen atoms in total. The summed E-state index contributed by atoms with van der Waals surface area (Å²) in [5, 5.41) is 10.8. The van der Waals surface area contributed by atoms with Crippen LogP contribution < -0.4 is 11.1 Å². The number of carbonyl (C=O) groups is 2. The van der Waals surface area contributed by atoms with Crippen molar-refractivity contribution in [2.75, 3.05) is 19.0 Å². The molecular weight excluding hydrogens is 308 g/mol. The number of nitrogens with two attached hydrogens (primary N) is 1. The zero-order valence-corrected chi connectivity index (χ0v) is 13.0. The molecule has 0 spiro atoms. The van der Waals surface area contributed by atoms with E-state index in [2.05, 4.69) is 15.5 Å². The van der Waals surface area contributed by atoms with Gasteiger partial charge in [0.05, 0.1) is 11.2 Å². The zero-order chi connectivity index (χ0) is 17.1. The van der Waals surface area contributed by atoms with Crippen molar-refractivity contribution in [1.29, 1.82) is 0 Å². The average Bonchev–Trinajstić information content (AvgIpc) is 2.98. The van der Waals surface area contributed by atoms with Crippen molar-refractivity contribution in [3.8, 4) is 11.3 Å². The highest BCUT2D eigenvalue weighted by Gasteiger charge is 2.11. The molecule has 4 N–H and O–H groups in total. The number of methoxy groups -OCH3 is 1. The van der Waals surface area contributed by atoms with Crippen LogP contribution >= 0.6 is 0 Å². The third-order valence-electron chi connectivity index (χ3n) is 3.54. The van der Waals surface area contributed by atoms with Crippen molar-refractivity contribution in [3.05, 3.63) is 48.0 Å². The van der Waals surface area contributed by atoms with Gasteiger partial charge in [-0.15, -0.1) is 0 Å². The lowest BCUT2D eigenvalue weighted by Crippen LogP contribution is -2.16. The molecule has 3 aromatic rings. The molecule has 0 saturated carbocycles. The minimum atomic E-state index is -0.496. The molecule has 2 aromatic carbocycles. The molecule has 0 fully saturated rings. The first-order valence-electron chi connectivity index (χ1n) is 7.25. The van der Waals surface area contributed by atoms with Crippen LogP contribution in [0, 0.1) is 0 Å². The number of rotatable bonds is 5. The van der Waals surface area contributed by atoms with Gasteiger partial charge < -0.3 is 15.8 Å². The van der Waals surface area contributed by atoms with Crippen molar-refractivity contribution in [1.82, 2.24) is 10.2 Å². The standard InChI is InChI=1S/C17H16N4O3/c1-24-9-15(22)19-12-4-2-3-10(7-12)16-13-8-11(17(18)23)5-6-14(13)20-21-16/h2-8H,9H2,1H3,(H2,18,23)(H,19,22)(H,20,21).